The first-order valence-corrected chi connectivity index (χ1v) is 8.08. The molecule has 0 bridgehead atoms. The van der Waals surface area contributed by atoms with Crippen LogP contribution < -0.4 is 17.0 Å². The normalized spacial score (nSPS) is 18.7. The van der Waals surface area contributed by atoms with Crippen molar-refractivity contribution in [1.82, 2.24) is 9.13 Å². The zero-order valence-electron chi connectivity index (χ0n) is 14.2. The van der Waals surface area contributed by atoms with Gasteiger partial charge in [-0.3, -0.25) is 13.9 Å². The predicted octanol–water partition coefficient (Wildman–Crippen LogP) is 0.887. The second-order valence-electron chi connectivity index (χ2n) is 6.28. The van der Waals surface area contributed by atoms with E-state index in [0.29, 0.717) is 24.9 Å². The van der Waals surface area contributed by atoms with Gasteiger partial charge in [-0.15, -0.1) is 0 Å². The van der Waals surface area contributed by atoms with E-state index in [1.54, 1.807) is 0 Å². The average molecular weight is 354 g/mol. The van der Waals surface area contributed by atoms with Crippen molar-refractivity contribution >= 4 is 0 Å². The molecule has 8 heteroatoms. The first-order valence-electron chi connectivity index (χ1n) is 8.08. The van der Waals surface area contributed by atoms with E-state index in [4.69, 9.17) is 5.73 Å². The molecule has 1 aromatic heterocycles. The highest BCUT2D eigenvalue weighted by molar-refractivity contribution is 5.39. The maximum Gasteiger partial charge on any atom is 0.331 e. The number of nitriles is 1. The van der Waals surface area contributed by atoms with Crippen molar-refractivity contribution in [3.8, 4) is 12.1 Å². The molecule has 1 aliphatic rings. The predicted molar refractivity (Wildman–Crippen MR) is 93.4 cm³/mol. The van der Waals surface area contributed by atoms with Gasteiger partial charge in [0.25, 0.3) is 12.1 Å². The number of aromatic nitrogens is 2. The van der Waals surface area contributed by atoms with Crippen LogP contribution in [0.1, 0.15) is 29.7 Å². The van der Waals surface area contributed by atoms with Crippen molar-refractivity contribution in [1.29, 1.82) is 5.26 Å². The largest absolute Gasteiger partial charge is 0.331 e. The summed E-state index contributed by atoms with van der Waals surface area (Å²) in [5, 5.41) is 9.26. The van der Waals surface area contributed by atoms with Crippen molar-refractivity contribution in [2.24, 2.45) is 12.8 Å². The van der Waals surface area contributed by atoms with E-state index in [0.717, 1.165) is 4.57 Å². The van der Waals surface area contributed by atoms with Crippen LogP contribution in [0.3, 0.4) is 0 Å². The molecule has 1 aromatic carbocycles. The molecule has 2 aromatic rings. The number of halogens is 1. The van der Waals surface area contributed by atoms with E-state index in [1.165, 1.54) is 35.9 Å². The smallest absolute Gasteiger partial charge is 0.305 e. The number of hydrogen-bond acceptors (Lipinski definition) is 4. The lowest BCUT2D eigenvalue weighted by Gasteiger charge is -2.24. The molecular formula is C18H17FN5O2+. The summed E-state index contributed by atoms with van der Waals surface area (Å²) in [5.41, 5.74) is 4.90. The highest BCUT2D eigenvalue weighted by atomic mass is 19.1. The highest BCUT2D eigenvalue weighted by Gasteiger charge is 2.38. The Morgan fingerprint density at radius 3 is 2.85 bits per heavy atom. The number of rotatable bonds is 3. The molecule has 132 valence electrons. The van der Waals surface area contributed by atoms with Gasteiger partial charge in [0.1, 0.15) is 5.82 Å². The Morgan fingerprint density at radius 2 is 2.19 bits per heavy atom. The van der Waals surface area contributed by atoms with Crippen LogP contribution in [0.2, 0.25) is 0 Å². The Labute approximate surface area is 148 Å². The van der Waals surface area contributed by atoms with E-state index >= 15 is 0 Å². The van der Waals surface area contributed by atoms with Gasteiger partial charge < -0.3 is 5.73 Å². The minimum Gasteiger partial charge on any atom is -0.305 e. The Kier molecular flexibility index (Phi) is 4.45. The molecule has 2 N–H and O–H groups in total. The van der Waals surface area contributed by atoms with Gasteiger partial charge in [-0.1, -0.05) is 4.85 Å². The molecule has 0 radical (unpaired) electrons. The van der Waals surface area contributed by atoms with E-state index < -0.39 is 22.6 Å². The lowest BCUT2D eigenvalue weighted by Crippen LogP contribution is -2.47. The molecule has 2 heterocycles. The monoisotopic (exact) mass is 354 g/mol. The van der Waals surface area contributed by atoms with E-state index in [2.05, 4.69) is 10.9 Å². The molecule has 0 saturated heterocycles. The molecular weight excluding hydrogens is 337 g/mol. The van der Waals surface area contributed by atoms with Crippen molar-refractivity contribution in [3.63, 3.8) is 0 Å². The first-order chi connectivity index (χ1) is 12.4. The summed E-state index contributed by atoms with van der Waals surface area (Å²) < 4.78 is 15.9. The van der Waals surface area contributed by atoms with Gasteiger partial charge in [0.2, 0.25) is 0 Å². The van der Waals surface area contributed by atoms with E-state index in [1.807, 2.05) is 6.07 Å². The number of nitrogens with zero attached hydrogens (tertiary/aromatic N) is 4. The van der Waals surface area contributed by atoms with Gasteiger partial charge in [0.15, 0.2) is 5.54 Å². The zero-order chi connectivity index (χ0) is 18.9. The number of hydrogen-bond donors (Lipinski definition) is 1. The van der Waals surface area contributed by atoms with Gasteiger partial charge in [0.05, 0.1) is 23.9 Å². The molecule has 1 aliphatic heterocycles. The number of benzene rings is 1. The third-order valence-electron chi connectivity index (χ3n) is 4.49. The molecule has 0 aliphatic carbocycles. The molecule has 1 atom stereocenters. The SMILES string of the molecule is Cn1c(=O)cc([C@]2(N)C#[N+]CCC2)n(Cc2cc(F)ccc2C#N)c1=O. The molecule has 0 spiro atoms. The molecule has 7 nitrogen and oxygen atoms in total. The van der Waals surface area contributed by atoms with Crippen LogP contribution >= 0.6 is 0 Å². The highest BCUT2D eigenvalue weighted by Crippen LogP contribution is 2.25. The summed E-state index contributed by atoms with van der Waals surface area (Å²) in [6.07, 6.45) is 1.16. The van der Waals surface area contributed by atoms with Crippen LogP contribution in [-0.2, 0) is 19.1 Å². The van der Waals surface area contributed by atoms with Crippen LogP contribution in [0.25, 0.3) is 4.85 Å². The van der Waals surface area contributed by atoms with Crippen LogP contribution in [-0.4, -0.2) is 15.7 Å². The van der Waals surface area contributed by atoms with Gasteiger partial charge in [-0.2, -0.15) is 5.26 Å². The van der Waals surface area contributed by atoms with Crippen molar-refractivity contribution in [2.45, 2.75) is 24.9 Å². The molecule has 0 fully saturated rings. The maximum absolute atomic E-state index is 13.7. The van der Waals surface area contributed by atoms with Gasteiger partial charge in [0, 0.05) is 19.5 Å². The summed E-state index contributed by atoms with van der Waals surface area (Å²) in [7, 11) is 1.35. The zero-order valence-corrected chi connectivity index (χ0v) is 14.2. The summed E-state index contributed by atoms with van der Waals surface area (Å²) in [6.45, 7) is 0.486. The lowest BCUT2D eigenvalue weighted by molar-refractivity contribution is 0.449. The molecule has 0 unspecified atom stereocenters. The van der Waals surface area contributed by atoms with Crippen LogP contribution in [0.15, 0.2) is 33.9 Å². The van der Waals surface area contributed by atoms with Gasteiger partial charge in [-0.05, 0) is 30.2 Å². The molecule has 3 rings (SSSR count). The molecule has 26 heavy (non-hydrogen) atoms. The minimum absolute atomic E-state index is 0.0937. The average Bonchev–Trinajstić information content (AvgIpc) is 2.62. The Morgan fingerprint density at radius 1 is 1.42 bits per heavy atom. The summed E-state index contributed by atoms with van der Waals surface area (Å²) in [4.78, 5) is 28.9. The van der Waals surface area contributed by atoms with Crippen LogP contribution in [0.4, 0.5) is 4.39 Å². The maximum atomic E-state index is 13.7. The van der Waals surface area contributed by atoms with E-state index in [-0.39, 0.29) is 17.8 Å². The first kappa shape index (κ1) is 17.6. The second-order valence-corrected chi connectivity index (χ2v) is 6.28. The fraction of sp³-hybridized carbons (Fsp3) is 0.333. The van der Waals surface area contributed by atoms with Crippen molar-refractivity contribution in [2.75, 3.05) is 6.54 Å². The summed E-state index contributed by atoms with van der Waals surface area (Å²) >= 11 is 0. The minimum atomic E-state index is -1.19. The van der Waals surface area contributed by atoms with Crippen LogP contribution in [0.5, 0.6) is 0 Å². The fourth-order valence-corrected chi connectivity index (χ4v) is 3.04. The third kappa shape index (κ3) is 3.03. The lowest BCUT2D eigenvalue weighted by atomic mass is 9.90. The summed E-state index contributed by atoms with van der Waals surface area (Å²) in [5.74, 6) is -0.522. The Bertz CT molecular complexity index is 1100. The van der Waals surface area contributed by atoms with Crippen LogP contribution in [0, 0.1) is 23.2 Å². The summed E-state index contributed by atoms with van der Waals surface area (Å²) in [6, 6.07) is 9.79. The topological polar surface area (TPSA) is 98.2 Å². The fourth-order valence-electron chi connectivity index (χ4n) is 3.04. The third-order valence-corrected chi connectivity index (χ3v) is 4.49. The number of nitrogens with two attached hydrogens (primary N) is 1. The quantitative estimate of drug-likeness (QED) is 0.885. The molecule has 0 saturated carbocycles. The van der Waals surface area contributed by atoms with Crippen molar-refractivity contribution in [3.05, 3.63) is 72.6 Å². The Balaban J connectivity index is 2.24. The Hall–Kier alpha value is -3.23. The van der Waals surface area contributed by atoms with Crippen molar-refractivity contribution < 1.29 is 4.39 Å². The second kappa shape index (κ2) is 6.58. The standard InChI is InChI=1S/C18H17FN5O2/c1-23-16(25)8-15(18(21)5-2-6-22-11-18)24(17(23)26)10-13-7-14(19)4-3-12(13)9-20/h3-4,7-8H,2,5-6,10,21H2,1H3/q+1/t18-/m1/s1. The van der Waals surface area contributed by atoms with Gasteiger partial charge in [-0.25, -0.2) is 9.18 Å². The van der Waals surface area contributed by atoms with E-state index in [9.17, 15) is 19.2 Å². The van der Waals surface area contributed by atoms with Gasteiger partial charge >= 0.3 is 11.8 Å². The molecule has 0 amide bonds.